The number of methoxy groups -OCH3 is 1. The zero-order valence-corrected chi connectivity index (χ0v) is 20.1. The molecule has 0 bridgehead atoms. The van der Waals surface area contributed by atoms with Crippen molar-refractivity contribution in [3.05, 3.63) is 47.9 Å². The number of hydrogen-bond donors (Lipinski definition) is 2. The average molecular weight is 463 g/mol. The molecule has 1 amide bonds. The third-order valence-corrected chi connectivity index (χ3v) is 7.12. The maximum absolute atomic E-state index is 12.7. The third kappa shape index (κ3) is 5.08. The van der Waals surface area contributed by atoms with Gasteiger partial charge in [0.2, 0.25) is 0 Å². The molecular formula is C26H34N6O2. The van der Waals surface area contributed by atoms with Gasteiger partial charge < -0.3 is 20.3 Å². The van der Waals surface area contributed by atoms with Gasteiger partial charge in [0.25, 0.3) is 5.91 Å². The number of amides is 1. The molecule has 0 atom stereocenters. The maximum atomic E-state index is 12.7. The summed E-state index contributed by atoms with van der Waals surface area (Å²) in [4.78, 5) is 19.7. The SMILES string of the molecule is COc1cc2nn(C3CCN(CC4CCNCC4)CC3)cc2cc1NC(=O)c1cccc(C)n1. The van der Waals surface area contributed by atoms with Crippen molar-refractivity contribution in [1.29, 1.82) is 0 Å². The lowest BCUT2D eigenvalue weighted by molar-refractivity contribution is 0.102. The van der Waals surface area contributed by atoms with Crippen molar-refractivity contribution in [2.24, 2.45) is 5.92 Å². The number of rotatable bonds is 6. The van der Waals surface area contributed by atoms with Crippen LogP contribution < -0.4 is 15.4 Å². The average Bonchev–Trinajstić information content (AvgIpc) is 3.27. The Morgan fingerprint density at radius 3 is 2.71 bits per heavy atom. The van der Waals surface area contributed by atoms with Crippen molar-refractivity contribution in [3.63, 3.8) is 0 Å². The first-order valence-corrected chi connectivity index (χ1v) is 12.3. The third-order valence-electron chi connectivity index (χ3n) is 7.12. The molecule has 2 fully saturated rings. The van der Waals surface area contributed by atoms with E-state index in [0.29, 0.717) is 23.2 Å². The number of likely N-dealkylation sites (tertiary alicyclic amines) is 1. The van der Waals surface area contributed by atoms with Crippen molar-refractivity contribution in [1.82, 2.24) is 25.0 Å². The Kier molecular flexibility index (Phi) is 6.78. The van der Waals surface area contributed by atoms with Gasteiger partial charge in [-0.3, -0.25) is 9.48 Å². The first-order valence-electron chi connectivity index (χ1n) is 12.3. The van der Waals surface area contributed by atoms with E-state index in [1.165, 1.54) is 19.4 Å². The molecule has 8 heteroatoms. The number of aromatic nitrogens is 3. The first-order chi connectivity index (χ1) is 16.6. The van der Waals surface area contributed by atoms with E-state index in [1.807, 2.05) is 31.2 Å². The standard InChI is InChI=1S/C26H34N6O2/c1-18-4-3-5-22(28-18)26(33)29-24-14-20-17-32(30-23(20)15-25(24)34-2)21-8-12-31(13-9-21)16-19-6-10-27-11-7-19/h3-5,14-15,17,19,21,27H,6-13,16H2,1-2H3,(H,29,33). The van der Waals surface area contributed by atoms with Crippen LogP contribution in [0.5, 0.6) is 5.75 Å². The normalized spacial score (nSPS) is 18.3. The van der Waals surface area contributed by atoms with Crippen LogP contribution in [0.3, 0.4) is 0 Å². The van der Waals surface area contributed by atoms with Crippen LogP contribution in [0, 0.1) is 12.8 Å². The molecular weight excluding hydrogens is 428 g/mol. The topological polar surface area (TPSA) is 84.3 Å². The number of ether oxygens (including phenoxy) is 1. The van der Waals surface area contributed by atoms with Crippen LogP contribution in [-0.4, -0.2) is 65.4 Å². The van der Waals surface area contributed by atoms with Crippen LogP contribution in [0.4, 0.5) is 5.69 Å². The van der Waals surface area contributed by atoms with Gasteiger partial charge in [-0.25, -0.2) is 4.98 Å². The summed E-state index contributed by atoms with van der Waals surface area (Å²) in [6.07, 6.45) is 6.91. The van der Waals surface area contributed by atoms with E-state index in [9.17, 15) is 4.79 Å². The number of piperidine rings is 2. The lowest BCUT2D eigenvalue weighted by Gasteiger charge is -2.35. The fraction of sp³-hybridized carbons (Fsp3) is 0.500. The van der Waals surface area contributed by atoms with E-state index >= 15 is 0 Å². The summed E-state index contributed by atoms with van der Waals surface area (Å²) in [6.45, 7) is 7.67. The second kappa shape index (κ2) is 10.1. The van der Waals surface area contributed by atoms with Gasteiger partial charge in [0.1, 0.15) is 11.4 Å². The van der Waals surface area contributed by atoms with Gasteiger partial charge in [-0.05, 0) is 69.8 Å². The molecule has 2 aromatic heterocycles. The number of aryl methyl sites for hydroxylation is 1. The maximum Gasteiger partial charge on any atom is 0.274 e. The summed E-state index contributed by atoms with van der Waals surface area (Å²) in [7, 11) is 1.61. The number of fused-ring (bicyclic) bond motifs is 1. The van der Waals surface area contributed by atoms with Gasteiger partial charge in [-0.2, -0.15) is 5.10 Å². The molecule has 0 spiro atoms. The molecule has 0 aliphatic carbocycles. The van der Waals surface area contributed by atoms with Gasteiger partial charge in [0, 0.05) is 43.0 Å². The molecule has 0 radical (unpaired) electrons. The fourth-order valence-electron chi connectivity index (χ4n) is 5.18. The molecule has 2 N–H and O–H groups in total. The fourth-order valence-corrected chi connectivity index (χ4v) is 5.18. The Labute approximate surface area is 200 Å². The van der Waals surface area contributed by atoms with Gasteiger partial charge >= 0.3 is 0 Å². The second-order valence-electron chi connectivity index (χ2n) is 9.56. The highest BCUT2D eigenvalue weighted by Gasteiger charge is 2.24. The Balaban J connectivity index is 1.27. The van der Waals surface area contributed by atoms with Crippen molar-refractivity contribution in [2.45, 2.75) is 38.6 Å². The predicted molar refractivity (Wildman–Crippen MR) is 134 cm³/mol. The second-order valence-corrected chi connectivity index (χ2v) is 9.56. The Morgan fingerprint density at radius 1 is 1.18 bits per heavy atom. The van der Waals surface area contributed by atoms with Crippen LogP contribution in [0.15, 0.2) is 36.5 Å². The summed E-state index contributed by atoms with van der Waals surface area (Å²) in [6, 6.07) is 9.66. The van der Waals surface area contributed by atoms with Crippen LogP contribution in [-0.2, 0) is 0 Å². The molecule has 0 saturated carbocycles. The highest BCUT2D eigenvalue weighted by atomic mass is 16.5. The Morgan fingerprint density at radius 2 is 1.97 bits per heavy atom. The molecule has 2 aliphatic rings. The quantitative estimate of drug-likeness (QED) is 0.582. The minimum atomic E-state index is -0.255. The highest BCUT2D eigenvalue weighted by molar-refractivity contribution is 6.05. The van der Waals surface area contributed by atoms with Gasteiger partial charge in [0.15, 0.2) is 0 Å². The number of nitrogens with zero attached hydrogens (tertiary/aromatic N) is 4. The van der Waals surface area contributed by atoms with E-state index in [4.69, 9.17) is 9.84 Å². The summed E-state index contributed by atoms with van der Waals surface area (Å²) in [5.74, 6) is 1.17. The number of nitrogens with one attached hydrogen (secondary N) is 2. The van der Waals surface area contributed by atoms with Crippen LogP contribution >= 0.6 is 0 Å². The molecule has 4 heterocycles. The molecule has 3 aromatic rings. The van der Waals surface area contributed by atoms with E-state index in [0.717, 1.165) is 61.5 Å². The van der Waals surface area contributed by atoms with Gasteiger partial charge in [0.05, 0.1) is 24.4 Å². The summed E-state index contributed by atoms with van der Waals surface area (Å²) < 4.78 is 7.67. The Hall–Kier alpha value is -2.97. The molecule has 1 aromatic carbocycles. The van der Waals surface area contributed by atoms with E-state index in [1.54, 1.807) is 13.2 Å². The first kappa shape index (κ1) is 22.8. The minimum absolute atomic E-state index is 0.255. The molecule has 8 nitrogen and oxygen atoms in total. The predicted octanol–water partition coefficient (Wildman–Crippen LogP) is 3.64. The number of carbonyl (C=O) groups is 1. The van der Waals surface area contributed by atoms with E-state index < -0.39 is 0 Å². The smallest absolute Gasteiger partial charge is 0.274 e. The zero-order chi connectivity index (χ0) is 23.5. The van der Waals surface area contributed by atoms with Crippen LogP contribution in [0.25, 0.3) is 10.9 Å². The van der Waals surface area contributed by atoms with Gasteiger partial charge in [-0.1, -0.05) is 6.07 Å². The minimum Gasteiger partial charge on any atom is -0.494 e. The van der Waals surface area contributed by atoms with Crippen LogP contribution in [0.2, 0.25) is 0 Å². The lowest BCUT2D eigenvalue weighted by atomic mass is 9.96. The number of hydrogen-bond acceptors (Lipinski definition) is 6. The molecule has 180 valence electrons. The molecule has 34 heavy (non-hydrogen) atoms. The molecule has 2 saturated heterocycles. The largest absolute Gasteiger partial charge is 0.494 e. The molecule has 5 rings (SSSR count). The molecule has 2 aliphatic heterocycles. The van der Waals surface area contributed by atoms with Gasteiger partial charge in [-0.15, -0.1) is 0 Å². The van der Waals surface area contributed by atoms with Crippen molar-refractivity contribution >= 4 is 22.5 Å². The summed E-state index contributed by atoms with van der Waals surface area (Å²) in [5.41, 5.74) is 2.69. The number of carbonyl (C=O) groups excluding carboxylic acids is 1. The van der Waals surface area contributed by atoms with E-state index in [2.05, 4.69) is 31.4 Å². The lowest BCUT2D eigenvalue weighted by Crippen LogP contribution is -2.40. The number of pyridine rings is 1. The zero-order valence-electron chi connectivity index (χ0n) is 20.1. The molecule has 0 unspecified atom stereocenters. The van der Waals surface area contributed by atoms with Crippen LogP contribution in [0.1, 0.15) is 47.9 Å². The summed E-state index contributed by atoms with van der Waals surface area (Å²) in [5, 5.41) is 12.3. The van der Waals surface area contributed by atoms with Crippen molar-refractivity contribution < 1.29 is 9.53 Å². The monoisotopic (exact) mass is 462 g/mol. The number of benzene rings is 1. The Bertz CT molecular complexity index is 1150. The number of anilines is 1. The highest BCUT2D eigenvalue weighted by Crippen LogP contribution is 2.32. The van der Waals surface area contributed by atoms with E-state index in [-0.39, 0.29) is 5.91 Å². The summed E-state index contributed by atoms with van der Waals surface area (Å²) >= 11 is 0. The van der Waals surface area contributed by atoms with Crippen molar-refractivity contribution in [2.75, 3.05) is 45.2 Å². The van der Waals surface area contributed by atoms with Crippen molar-refractivity contribution in [3.8, 4) is 5.75 Å².